The zero-order chi connectivity index (χ0) is 6.85. The molecule has 0 aromatic carbocycles. The molecule has 0 aliphatic heterocycles. The second-order valence-corrected chi connectivity index (χ2v) is 1.96. The minimum atomic E-state index is 0.394. The van der Waals surface area contributed by atoms with Crippen LogP contribution in [-0.4, -0.2) is 0 Å². The monoisotopic (exact) mass is 121 g/mol. The fourth-order valence-electron chi connectivity index (χ4n) is 0.628. The predicted octanol–water partition coefficient (Wildman–Crippen LogP) is 1.77. The molecule has 0 N–H and O–H groups in total. The number of nitrogens with zero attached hydrogens (tertiary/aromatic N) is 1. The van der Waals surface area contributed by atoms with E-state index < -0.39 is 0 Å². The molecule has 0 unspecified atom stereocenters. The number of nitriles is 1. The standard InChI is InChI=1S/C7H7NO/c1-5-3-7(4-8)9-6(5)2/h3H,1-2H3. The van der Waals surface area contributed by atoms with Crippen LogP contribution in [0, 0.1) is 25.2 Å². The second-order valence-electron chi connectivity index (χ2n) is 1.96. The first kappa shape index (κ1) is 5.90. The van der Waals surface area contributed by atoms with Crippen LogP contribution in [0.15, 0.2) is 10.5 Å². The summed E-state index contributed by atoms with van der Waals surface area (Å²) in [4.78, 5) is 0. The van der Waals surface area contributed by atoms with Crippen LogP contribution in [0.2, 0.25) is 0 Å². The fraction of sp³-hybridized carbons (Fsp3) is 0.286. The van der Waals surface area contributed by atoms with Gasteiger partial charge in [-0.05, 0) is 25.5 Å². The number of rotatable bonds is 0. The van der Waals surface area contributed by atoms with Crippen LogP contribution in [-0.2, 0) is 0 Å². The van der Waals surface area contributed by atoms with E-state index in [1.165, 1.54) is 0 Å². The molecule has 0 atom stereocenters. The molecule has 0 saturated heterocycles. The van der Waals surface area contributed by atoms with Crippen LogP contribution < -0.4 is 0 Å². The van der Waals surface area contributed by atoms with Crippen LogP contribution in [0.1, 0.15) is 17.1 Å². The molecule has 1 heterocycles. The van der Waals surface area contributed by atoms with E-state index in [2.05, 4.69) is 0 Å². The Morgan fingerprint density at radius 1 is 1.56 bits per heavy atom. The maximum atomic E-state index is 8.33. The summed E-state index contributed by atoms with van der Waals surface area (Å²) >= 11 is 0. The number of aryl methyl sites for hydroxylation is 2. The summed E-state index contributed by atoms with van der Waals surface area (Å²) < 4.78 is 5.00. The summed E-state index contributed by atoms with van der Waals surface area (Å²) in [6.07, 6.45) is 0. The van der Waals surface area contributed by atoms with Gasteiger partial charge in [0, 0.05) is 0 Å². The van der Waals surface area contributed by atoms with Crippen molar-refractivity contribution in [3.05, 3.63) is 23.2 Å². The molecule has 0 aliphatic carbocycles. The Morgan fingerprint density at radius 3 is 2.44 bits per heavy atom. The second kappa shape index (κ2) is 1.94. The van der Waals surface area contributed by atoms with Gasteiger partial charge in [-0.15, -0.1) is 0 Å². The zero-order valence-corrected chi connectivity index (χ0v) is 5.43. The van der Waals surface area contributed by atoms with Crippen molar-refractivity contribution in [2.24, 2.45) is 0 Å². The third kappa shape index (κ3) is 0.945. The molecule has 1 aromatic heterocycles. The summed E-state index contributed by atoms with van der Waals surface area (Å²) in [5.74, 6) is 1.22. The molecule has 2 nitrogen and oxygen atoms in total. The maximum Gasteiger partial charge on any atom is 0.203 e. The van der Waals surface area contributed by atoms with Gasteiger partial charge in [0.25, 0.3) is 0 Å². The Balaban J connectivity index is 3.16. The van der Waals surface area contributed by atoms with Crippen molar-refractivity contribution in [3.63, 3.8) is 0 Å². The van der Waals surface area contributed by atoms with Gasteiger partial charge in [-0.3, -0.25) is 0 Å². The highest BCUT2D eigenvalue weighted by atomic mass is 16.3. The molecule has 1 rings (SSSR count). The third-order valence-corrected chi connectivity index (χ3v) is 1.28. The van der Waals surface area contributed by atoms with Crippen molar-refractivity contribution in [2.45, 2.75) is 13.8 Å². The SMILES string of the molecule is Cc1cc(C#N)oc1C. The molecule has 0 radical (unpaired) electrons. The van der Waals surface area contributed by atoms with Gasteiger partial charge in [0.2, 0.25) is 5.76 Å². The van der Waals surface area contributed by atoms with E-state index in [0.29, 0.717) is 5.76 Å². The largest absolute Gasteiger partial charge is 0.451 e. The molecule has 0 saturated carbocycles. The molecule has 1 aromatic rings. The zero-order valence-electron chi connectivity index (χ0n) is 5.43. The maximum absolute atomic E-state index is 8.33. The molecule has 0 bridgehead atoms. The molecule has 9 heavy (non-hydrogen) atoms. The first-order valence-corrected chi connectivity index (χ1v) is 2.71. The first-order chi connectivity index (χ1) is 4.24. The summed E-state index contributed by atoms with van der Waals surface area (Å²) in [7, 11) is 0. The van der Waals surface area contributed by atoms with Gasteiger partial charge in [-0.2, -0.15) is 5.26 Å². The molecule has 0 fully saturated rings. The average Bonchev–Trinajstić information content (AvgIpc) is 2.13. The van der Waals surface area contributed by atoms with Crippen LogP contribution in [0.3, 0.4) is 0 Å². The Bertz CT molecular complexity index is 235. The molecule has 2 heteroatoms. The topological polar surface area (TPSA) is 36.9 Å². The lowest BCUT2D eigenvalue weighted by atomic mass is 10.3. The number of furan rings is 1. The Kier molecular flexibility index (Phi) is 1.27. The van der Waals surface area contributed by atoms with E-state index in [0.717, 1.165) is 11.3 Å². The van der Waals surface area contributed by atoms with E-state index in [1.54, 1.807) is 6.07 Å². The van der Waals surface area contributed by atoms with E-state index >= 15 is 0 Å². The minimum Gasteiger partial charge on any atom is -0.451 e. The lowest BCUT2D eigenvalue weighted by Crippen LogP contribution is -1.63. The van der Waals surface area contributed by atoms with Crippen LogP contribution in [0.25, 0.3) is 0 Å². The summed E-state index contributed by atoms with van der Waals surface area (Å²) in [6.45, 7) is 3.76. The van der Waals surface area contributed by atoms with Gasteiger partial charge in [-0.25, -0.2) is 0 Å². The normalized spacial score (nSPS) is 9.00. The van der Waals surface area contributed by atoms with Crippen molar-refractivity contribution in [3.8, 4) is 6.07 Å². The van der Waals surface area contributed by atoms with Crippen LogP contribution in [0.4, 0.5) is 0 Å². The van der Waals surface area contributed by atoms with Crippen molar-refractivity contribution < 1.29 is 4.42 Å². The molecular weight excluding hydrogens is 114 g/mol. The Labute approximate surface area is 53.7 Å². The highest BCUT2D eigenvalue weighted by Crippen LogP contribution is 2.10. The van der Waals surface area contributed by atoms with Crippen molar-refractivity contribution in [2.75, 3.05) is 0 Å². The van der Waals surface area contributed by atoms with Crippen LogP contribution >= 0.6 is 0 Å². The smallest absolute Gasteiger partial charge is 0.203 e. The molecular formula is C7H7NO. The van der Waals surface area contributed by atoms with Crippen molar-refractivity contribution >= 4 is 0 Å². The Hall–Kier alpha value is -1.23. The van der Waals surface area contributed by atoms with Crippen molar-refractivity contribution in [1.29, 1.82) is 5.26 Å². The first-order valence-electron chi connectivity index (χ1n) is 2.71. The molecule has 0 spiro atoms. The summed E-state index contributed by atoms with van der Waals surface area (Å²) in [6, 6.07) is 3.65. The van der Waals surface area contributed by atoms with Gasteiger partial charge in [0.05, 0.1) is 0 Å². The van der Waals surface area contributed by atoms with Crippen LogP contribution in [0.5, 0.6) is 0 Å². The molecule has 0 aliphatic rings. The van der Waals surface area contributed by atoms with Gasteiger partial charge in [-0.1, -0.05) is 0 Å². The van der Waals surface area contributed by atoms with Gasteiger partial charge >= 0.3 is 0 Å². The minimum absolute atomic E-state index is 0.394. The molecule has 0 amide bonds. The summed E-state index contributed by atoms with van der Waals surface area (Å²) in [5, 5.41) is 8.33. The van der Waals surface area contributed by atoms with E-state index in [1.807, 2.05) is 19.9 Å². The van der Waals surface area contributed by atoms with Gasteiger partial charge < -0.3 is 4.42 Å². The lowest BCUT2D eigenvalue weighted by Gasteiger charge is -1.79. The predicted molar refractivity (Wildman–Crippen MR) is 32.9 cm³/mol. The van der Waals surface area contributed by atoms with E-state index in [-0.39, 0.29) is 0 Å². The fourth-order valence-corrected chi connectivity index (χ4v) is 0.628. The molecule has 46 valence electrons. The lowest BCUT2D eigenvalue weighted by molar-refractivity contribution is 0.519. The van der Waals surface area contributed by atoms with Gasteiger partial charge in [0.1, 0.15) is 11.8 Å². The quantitative estimate of drug-likeness (QED) is 0.524. The average molecular weight is 121 g/mol. The van der Waals surface area contributed by atoms with E-state index in [9.17, 15) is 0 Å². The Morgan fingerprint density at radius 2 is 2.22 bits per heavy atom. The highest BCUT2D eigenvalue weighted by molar-refractivity contribution is 5.26. The highest BCUT2D eigenvalue weighted by Gasteiger charge is 1.99. The summed E-state index contributed by atoms with van der Waals surface area (Å²) in [5.41, 5.74) is 1.03. The van der Waals surface area contributed by atoms with Gasteiger partial charge in [0.15, 0.2) is 0 Å². The van der Waals surface area contributed by atoms with E-state index in [4.69, 9.17) is 9.68 Å². The number of hydrogen-bond acceptors (Lipinski definition) is 2. The third-order valence-electron chi connectivity index (χ3n) is 1.28. The number of hydrogen-bond donors (Lipinski definition) is 0. The van der Waals surface area contributed by atoms with Crippen molar-refractivity contribution in [1.82, 2.24) is 0 Å².